The molecule has 0 N–H and O–H groups in total. The minimum absolute atomic E-state index is 0.0413. The molecule has 0 atom stereocenters. The lowest BCUT2D eigenvalue weighted by atomic mass is 9.99. The van der Waals surface area contributed by atoms with Crippen LogP contribution in [-0.2, 0) is 44.8 Å². The molecule has 0 unspecified atom stereocenters. The summed E-state index contributed by atoms with van der Waals surface area (Å²) in [5, 5.41) is 0. The second kappa shape index (κ2) is 16.0. The second-order valence-electron chi connectivity index (χ2n) is 7.92. The zero-order chi connectivity index (χ0) is 28.2. The Balaban J connectivity index is 0.000000371. The number of ether oxygens (including phenoxy) is 5. The predicted octanol–water partition coefficient (Wildman–Crippen LogP) is 6.07. The normalized spacial score (nSPS) is 11.5. The van der Waals surface area contributed by atoms with E-state index in [1.54, 1.807) is 12.1 Å². The van der Waals surface area contributed by atoms with Crippen LogP contribution in [0.25, 0.3) is 0 Å². The molecule has 0 fully saturated rings. The molecule has 0 aromatic heterocycles. The van der Waals surface area contributed by atoms with Gasteiger partial charge in [-0.1, -0.05) is 0 Å². The van der Waals surface area contributed by atoms with E-state index in [1.807, 2.05) is 45.2 Å². The molecule has 0 aliphatic heterocycles. The van der Waals surface area contributed by atoms with Crippen molar-refractivity contribution >= 4 is 56.9 Å². The summed E-state index contributed by atoms with van der Waals surface area (Å²) in [6.07, 6.45) is 1.03. The first-order valence-corrected chi connectivity index (χ1v) is 13.3. The third-order valence-electron chi connectivity index (χ3n) is 5.62. The number of methoxy groups -OCH3 is 5. The molecule has 2 rings (SSSR count). The molecule has 0 amide bonds. The maximum Gasteiger partial charge on any atom is 0.305 e. The average Bonchev–Trinajstić information content (AvgIpc) is 2.85. The van der Waals surface area contributed by atoms with Crippen LogP contribution in [0.4, 0.5) is 8.78 Å². The Morgan fingerprint density at radius 2 is 1.08 bits per heavy atom. The quantitative estimate of drug-likeness (QED) is 0.148. The fourth-order valence-electron chi connectivity index (χ4n) is 3.59. The standard InChI is InChI=1S/C13H16FIO4.C13H16FIO3/c1-17-12(16)4-5-13(18-2,19-3)9-6-10(14)8-11(15)7-9;1-9(16)4-5-13(17-2,18-3)10-6-11(14)8-12(15)7-10/h6-8H,4-5H2,1-3H3;6-8H,4-5H2,1-3H3. The number of esters is 1. The highest BCUT2D eigenvalue weighted by Crippen LogP contribution is 2.34. The zero-order valence-electron chi connectivity index (χ0n) is 21.7. The topological polar surface area (TPSA) is 80.3 Å². The van der Waals surface area contributed by atoms with Gasteiger partial charge in [-0.15, -0.1) is 0 Å². The SMILES string of the molecule is COC(=O)CCC(OC)(OC)c1cc(F)cc(I)c1.COC(CCC(C)=O)(OC)c1cc(F)cc(I)c1. The zero-order valence-corrected chi connectivity index (χ0v) is 26.0. The van der Waals surface area contributed by atoms with E-state index in [4.69, 9.17) is 18.9 Å². The van der Waals surface area contributed by atoms with Crippen LogP contribution in [0.15, 0.2) is 36.4 Å². The van der Waals surface area contributed by atoms with Gasteiger partial charge in [0.15, 0.2) is 11.6 Å². The average molecular weight is 748 g/mol. The van der Waals surface area contributed by atoms with Crippen molar-refractivity contribution in [3.63, 3.8) is 0 Å². The number of halogens is 4. The predicted molar refractivity (Wildman–Crippen MR) is 151 cm³/mol. The van der Waals surface area contributed by atoms with E-state index in [2.05, 4.69) is 4.74 Å². The molecule has 0 aliphatic carbocycles. The molecule has 0 spiro atoms. The van der Waals surface area contributed by atoms with Gasteiger partial charge in [-0.25, -0.2) is 8.78 Å². The van der Waals surface area contributed by atoms with E-state index in [9.17, 15) is 18.4 Å². The van der Waals surface area contributed by atoms with E-state index in [1.165, 1.54) is 66.7 Å². The Hall–Kier alpha value is -1.26. The van der Waals surface area contributed by atoms with Gasteiger partial charge in [0.25, 0.3) is 0 Å². The monoisotopic (exact) mass is 748 g/mol. The van der Waals surface area contributed by atoms with Crippen molar-refractivity contribution in [3.8, 4) is 0 Å². The van der Waals surface area contributed by atoms with Crippen LogP contribution in [0, 0.1) is 18.8 Å². The molecule has 206 valence electrons. The van der Waals surface area contributed by atoms with E-state index < -0.39 is 11.6 Å². The Labute approximate surface area is 243 Å². The summed E-state index contributed by atoms with van der Waals surface area (Å²) in [5.41, 5.74) is 1.11. The van der Waals surface area contributed by atoms with Gasteiger partial charge >= 0.3 is 5.97 Å². The number of carbonyl (C=O) groups is 2. The summed E-state index contributed by atoms with van der Waals surface area (Å²) in [6.45, 7) is 1.51. The molecule has 2 aromatic carbocycles. The van der Waals surface area contributed by atoms with Gasteiger partial charge in [-0.05, 0) is 88.5 Å². The lowest BCUT2D eigenvalue weighted by Crippen LogP contribution is -2.32. The van der Waals surface area contributed by atoms with Crippen LogP contribution in [0.3, 0.4) is 0 Å². The van der Waals surface area contributed by atoms with Crippen LogP contribution in [0.1, 0.15) is 43.7 Å². The summed E-state index contributed by atoms with van der Waals surface area (Å²) in [6, 6.07) is 9.08. The van der Waals surface area contributed by atoms with E-state index in [0.29, 0.717) is 24.0 Å². The van der Waals surface area contributed by atoms with Gasteiger partial charge in [0, 0.05) is 66.0 Å². The lowest BCUT2D eigenvalue weighted by molar-refractivity contribution is -0.222. The molecule has 0 aliphatic rings. The number of Topliss-reactive ketones (excluding diaryl/α,β-unsaturated/α-hetero) is 1. The van der Waals surface area contributed by atoms with Gasteiger partial charge in [0.2, 0.25) is 0 Å². The molecule has 0 heterocycles. The highest BCUT2D eigenvalue weighted by Gasteiger charge is 2.34. The van der Waals surface area contributed by atoms with Crippen molar-refractivity contribution in [3.05, 3.63) is 66.3 Å². The summed E-state index contributed by atoms with van der Waals surface area (Å²) in [4.78, 5) is 22.3. The van der Waals surface area contributed by atoms with Crippen molar-refractivity contribution in [2.24, 2.45) is 0 Å². The molecule has 7 nitrogen and oxygen atoms in total. The minimum Gasteiger partial charge on any atom is -0.469 e. The number of benzene rings is 2. The molecule has 2 aromatic rings. The Bertz CT molecular complexity index is 1000. The fraction of sp³-hybridized carbons (Fsp3) is 0.462. The van der Waals surface area contributed by atoms with Crippen LogP contribution < -0.4 is 0 Å². The first kappa shape index (κ1) is 33.8. The molecule has 11 heteroatoms. The van der Waals surface area contributed by atoms with Gasteiger partial charge in [0.1, 0.15) is 17.4 Å². The van der Waals surface area contributed by atoms with Crippen LogP contribution >= 0.6 is 45.2 Å². The first-order valence-electron chi connectivity index (χ1n) is 11.1. The lowest BCUT2D eigenvalue weighted by Gasteiger charge is -2.31. The largest absolute Gasteiger partial charge is 0.469 e. The van der Waals surface area contributed by atoms with Gasteiger partial charge in [0.05, 0.1) is 13.5 Å². The van der Waals surface area contributed by atoms with Crippen molar-refractivity contribution in [2.45, 2.75) is 44.2 Å². The molecular formula is C26H32F2I2O7. The third-order valence-corrected chi connectivity index (χ3v) is 6.86. The summed E-state index contributed by atoms with van der Waals surface area (Å²) >= 11 is 4.04. The smallest absolute Gasteiger partial charge is 0.305 e. The van der Waals surface area contributed by atoms with Crippen LogP contribution in [-0.4, -0.2) is 47.3 Å². The summed E-state index contributed by atoms with van der Waals surface area (Å²) in [5.74, 6) is -3.29. The fourth-order valence-corrected chi connectivity index (χ4v) is 4.86. The molecule has 0 radical (unpaired) electrons. The molecule has 0 saturated carbocycles. The molecule has 0 saturated heterocycles. The molecule has 0 bridgehead atoms. The van der Waals surface area contributed by atoms with Crippen LogP contribution in [0.5, 0.6) is 0 Å². The molecule has 37 heavy (non-hydrogen) atoms. The van der Waals surface area contributed by atoms with Crippen molar-refractivity contribution < 1.29 is 42.1 Å². The first-order chi connectivity index (χ1) is 17.4. The van der Waals surface area contributed by atoms with Crippen molar-refractivity contribution in [1.82, 2.24) is 0 Å². The minimum atomic E-state index is -1.16. The van der Waals surface area contributed by atoms with Gasteiger partial charge in [-0.2, -0.15) is 0 Å². The number of ketones is 1. The maximum atomic E-state index is 13.5. The van der Waals surface area contributed by atoms with Crippen molar-refractivity contribution in [2.75, 3.05) is 35.5 Å². The highest BCUT2D eigenvalue weighted by atomic mass is 127. The van der Waals surface area contributed by atoms with E-state index in [-0.39, 0.29) is 36.2 Å². The van der Waals surface area contributed by atoms with E-state index in [0.717, 1.165) is 7.14 Å². The summed E-state index contributed by atoms with van der Waals surface area (Å²) in [7, 11) is 7.20. The Morgan fingerprint density at radius 1 is 0.703 bits per heavy atom. The number of hydrogen-bond donors (Lipinski definition) is 0. The number of hydrogen-bond acceptors (Lipinski definition) is 7. The number of rotatable bonds is 12. The number of carbonyl (C=O) groups excluding carboxylic acids is 2. The Kier molecular flexibility index (Phi) is 14.6. The second-order valence-corrected chi connectivity index (χ2v) is 10.4. The highest BCUT2D eigenvalue weighted by molar-refractivity contribution is 14.1. The van der Waals surface area contributed by atoms with Crippen LogP contribution in [0.2, 0.25) is 0 Å². The molecular weight excluding hydrogens is 716 g/mol. The van der Waals surface area contributed by atoms with Crippen molar-refractivity contribution in [1.29, 1.82) is 0 Å². The summed E-state index contributed by atoms with van der Waals surface area (Å²) < 4.78 is 54.5. The van der Waals surface area contributed by atoms with Gasteiger partial charge < -0.3 is 28.5 Å². The Morgan fingerprint density at radius 3 is 1.38 bits per heavy atom. The maximum absolute atomic E-state index is 13.5. The third kappa shape index (κ3) is 10.1. The van der Waals surface area contributed by atoms with Gasteiger partial charge in [-0.3, -0.25) is 4.79 Å². The van der Waals surface area contributed by atoms with E-state index >= 15 is 0 Å².